The number of nitrogens with one attached hydrogen (secondary N) is 1. The molecule has 8 heteroatoms. The maximum atomic E-state index is 12.8. The van der Waals surface area contributed by atoms with Crippen molar-refractivity contribution in [2.24, 2.45) is 0 Å². The van der Waals surface area contributed by atoms with Gasteiger partial charge in [-0.15, -0.1) is 0 Å². The topological polar surface area (TPSA) is 92.4 Å². The summed E-state index contributed by atoms with van der Waals surface area (Å²) in [6.07, 6.45) is -0.367. The summed E-state index contributed by atoms with van der Waals surface area (Å²) >= 11 is 12.2. The molecule has 0 saturated carbocycles. The Balaban J connectivity index is 1.89. The Labute approximate surface area is 171 Å². The number of oxazole rings is 1. The van der Waals surface area contributed by atoms with Crippen molar-refractivity contribution in [1.82, 2.24) is 10.3 Å². The molecule has 1 heterocycles. The van der Waals surface area contributed by atoms with Crippen LogP contribution in [-0.4, -0.2) is 22.0 Å². The SMILES string of the molecule is Cc1oc(-c2ccccc2)nc1C(=O)N[C@@H](CC(=O)O)c1cccc(Cl)c1Cl. The Kier molecular flexibility index (Phi) is 6.02. The minimum atomic E-state index is -1.09. The van der Waals surface area contributed by atoms with Gasteiger partial charge in [-0.05, 0) is 30.7 Å². The molecule has 6 nitrogen and oxygen atoms in total. The first-order chi connectivity index (χ1) is 13.4. The number of carbonyl (C=O) groups excluding carboxylic acids is 1. The normalized spacial score (nSPS) is 11.8. The highest BCUT2D eigenvalue weighted by Crippen LogP contribution is 2.32. The van der Waals surface area contributed by atoms with E-state index >= 15 is 0 Å². The van der Waals surface area contributed by atoms with E-state index < -0.39 is 17.9 Å². The molecule has 0 bridgehead atoms. The van der Waals surface area contributed by atoms with E-state index in [-0.39, 0.29) is 22.2 Å². The molecule has 2 N–H and O–H groups in total. The van der Waals surface area contributed by atoms with E-state index in [1.54, 1.807) is 25.1 Å². The minimum absolute atomic E-state index is 0.0763. The number of carboxylic acid groups (broad SMARTS) is 1. The van der Waals surface area contributed by atoms with Crippen LogP contribution in [0.15, 0.2) is 52.9 Å². The van der Waals surface area contributed by atoms with Gasteiger partial charge in [0, 0.05) is 5.56 Å². The average Bonchev–Trinajstić information content (AvgIpc) is 3.06. The van der Waals surface area contributed by atoms with Gasteiger partial charge in [-0.1, -0.05) is 53.5 Å². The van der Waals surface area contributed by atoms with Gasteiger partial charge in [0.1, 0.15) is 5.76 Å². The monoisotopic (exact) mass is 418 g/mol. The molecule has 0 fully saturated rings. The number of aryl methyl sites for hydroxylation is 1. The number of aromatic nitrogens is 1. The molecule has 3 rings (SSSR count). The molecular weight excluding hydrogens is 403 g/mol. The Hall–Kier alpha value is -2.83. The lowest BCUT2D eigenvalue weighted by Crippen LogP contribution is -2.31. The summed E-state index contributed by atoms with van der Waals surface area (Å²) in [6, 6.07) is 13.1. The largest absolute Gasteiger partial charge is 0.481 e. The molecule has 0 saturated heterocycles. The third-order valence-electron chi connectivity index (χ3n) is 4.07. The van der Waals surface area contributed by atoms with Crippen LogP contribution in [0.4, 0.5) is 0 Å². The van der Waals surface area contributed by atoms with Crippen molar-refractivity contribution in [3.63, 3.8) is 0 Å². The summed E-state index contributed by atoms with van der Waals surface area (Å²) in [5, 5.41) is 12.4. The molecule has 2 aromatic carbocycles. The lowest BCUT2D eigenvalue weighted by molar-refractivity contribution is -0.137. The molecule has 0 radical (unpaired) electrons. The second kappa shape index (κ2) is 8.46. The van der Waals surface area contributed by atoms with Crippen molar-refractivity contribution in [3.8, 4) is 11.5 Å². The lowest BCUT2D eigenvalue weighted by Gasteiger charge is -2.18. The number of hydrogen-bond acceptors (Lipinski definition) is 4. The maximum Gasteiger partial charge on any atom is 0.305 e. The Morgan fingerprint density at radius 2 is 1.86 bits per heavy atom. The molecule has 3 aromatic rings. The number of hydrogen-bond donors (Lipinski definition) is 2. The summed E-state index contributed by atoms with van der Waals surface area (Å²) in [7, 11) is 0. The quantitative estimate of drug-likeness (QED) is 0.593. The predicted molar refractivity (Wildman–Crippen MR) is 106 cm³/mol. The number of aliphatic carboxylic acids is 1. The molecule has 1 atom stereocenters. The van der Waals surface area contributed by atoms with E-state index in [4.69, 9.17) is 27.6 Å². The first-order valence-corrected chi connectivity index (χ1v) is 9.12. The number of rotatable bonds is 6. The second-order valence-electron chi connectivity index (χ2n) is 6.06. The molecule has 1 amide bonds. The molecule has 0 aliphatic rings. The third-order valence-corrected chi connectivity index (χ3v) is 4.91. The first-order valence-electron chi connectivity index (χ1n) is 8.36. The van der Waals surface area contributed by atoms with E-state index in [1.165, 1.54) is 0 Å². The molecule has 144 valence electrons. The van der Waals surface area contributed by atoms with E-state index in [0.29, 0.717) is 17.2 Å². The van der Waals surface area contributed by atoms with Crippen molar-refractivity contribution >= 4 is 35.1 Å². The highest BCUT2D eigenvalue weighted by atomic mass is 35.5. The van der Waals surface area contributed by atoms with Crippen LogP contribution in [-0.2, 0) is 4.79 Å². The Morgan fingerprint density at radius 1 is 1.14 bits per heavy atom. The minimum Gasteiger partial charge on any atom is -0.481 e. The smallest absolute Gasteiger partial charge is 0.305 e. The zero-order valence-electron chi connectivity index (χ0n) is 14.8. The van der Waals surface area contributed by atoms with Crippen LogP contribution >= 0.6 is 23.2 Å². The molecule has 0 unspecified atom stereocenters. The number of benzene rings is 2. The van der Waals surface area contributed by atoms with Gasteiger partial charge in [-0.25, -0.2) is 4.98 Å². The second-order valence-corrected chi connectivity index (χ2v) is 6.84. The number of halogens is 2. The fourth-order valence-corrected chi connectivity index (χ4v) is 3.18. The van der Waals surface area contributed by atoms with Gasteiger partial charge in [0.15, 0.2) is 5.69 Å². The van der Waals surface area contributed by atoms with E-state index in [0.717, 1.165) is 5.56 Å². The van der Waals surface area contributed by atoms with Crippen LogP contribution in [0.25, 0.3) is 11.5 Å². The fraction of sp³-hybridized carbons (Fsp3) is 0.150. The Morgan fingerprint density at radius 3 is 2.54 bits per heavy atom. The van der Waals surface area contributed by atoms with Gasteiger partial charge in [-0.2, -0.15) is 0 Å². The fourth-order valence-electron chi connectivity index (χ4n) is 2.74. The molecule has 0 aliphatic carbocycles. The third kappa shape index (κ3) is 4.35. The van der Waals surface area contributed by atoms with Crippen LogP contribution in [0.3, 0.4) is 0 Å². The summed E-state index contributed by atoms with van der Waals surface area (Å²) < 4.78 is 5.60. The van der Waals surface area contributed by atoms with Crippen LogP contribution in [0, 0.1) is 6.92 Å². The standard InChI is InChI=1S/C20H16Cl2N2O4/c1-11-18(24-20(28-11)12-6-3-2-4-7-12)19(27)23-15(10-16(25)26)13-8-5-9-14(21)17(13)22/h2-9,15H,10H2,1H3,(H,23,27)(H,25,26)/t15-/m0/s1. The van der Waals surface area contributed by atoms with Gasteiger partial charge in [0.25, 0.3) is 5.91 Å². The zero-order chi connectivity index (χ0) is 20.3. The summed E-state index contributed by atoms with van der Waals surface area (Å²) in [6.45, 7) is 1.62. The van der Waals surface area contributed by atoms with Crippen molar-refractivity contribution in [3.05, 3.63) is 75.6 Å². The first kappa shape index (κ1) is 19.9. The summed E-state index contributed by atoms with van der Waals surface area (Å²) in [4.78, 5) is 28.3. The van der Waals surface area contributed by atoms with Crippen LogP contribution in [0.1, 0.15) is 34.3 Å². The van der Waals surface area contributed by atoms with Crippen molar-refractivity contribution < 1.29 is 19.1 Å². The van der Waals surface area contributed by atoms with Crippen LogP contribution in [0.2, 0.25) is 10.0 Å². The summed E-state index contributed by atoms with van der Waals surface area (Å²) in [5.74, 6) is -1.03. The number of amides is 1. The van der Waals surface area contributed by atoms with Crippen molar-refractivity contribution in [2.75, 3.05) is 0 Å². The summed E-state index contributed by atoms with van der Waals surface area (Å²) in [5.41, 5.74) is 1.21. The van der Waals surface area contributed by atoms with Crippen molar-refractivity contribution in [1.29, 1.82) is 0 Å². The van der Waals surface area contributed by atoms with E-state index in [2.05, 4.69) is 10.3 Å². The molecule has 28 heavy (non-hydrogen) atoms. The van der Waals surface area contributed by atoms with Gasteiger partial charge >= 0.3 is 5.97 Å². The number of carboxylic acids is 1. The lowest BCUT2D eigenvalue weighted by atomic mass is 10.0. The van der Waals surface area contributed by atoms with E-state index in [1.807, 2.05) is 30.3 Å². The number of carbonyl (C=O) groups is 2. The van der Waals surface area contributed by atoms with Gasteiger partial charge < -0.3 is 14.8 Å². The van der Waals surface area contributed by atoms with Gasteiger partial charge in [-0.3, -0.25) is 9.59 Å². The Bertz CT molecular complexity index is 1020. The highest BCUT2D eigenvalue weighted by molar-refractivity contribution is 6.42. The van der Waals surface area contributed by atoms with Crippen LogP contribution in [0.5, 0.6) is 0 Å². The number of nitrogens with zero attached hydrogens (tertiary/aromatic N) is 1. The molecule has 0 aliphatic heterocycles. The molecule has 0 spiro atoms. The molecule has 1 aromatic heterocycles. The average molecular weight is 419 g/mol. The highest BCUT2D eigenvalue weighted by Gasteiger charge is 2.25. The maximum absolute atomic E-state index is 12.8. The van der Waals surface area contributed by atoms with Gasteiger partial charge in [0.2, 0.25) is 5.89 Å². The molecular formula is C20H16Cl2N2O4. The van der Waals surface area contributed by atoms with Crippen molar-refractivity contribution in [2.45, 2.75) is 19.4 Å². The van der Waals surface area contributed by atoms with Crippen LogP contribution < -0.4 is 5.32 Å². The zero-order valence-corrected chi connectivity index (χ0v) is 16.3. The van der Waals surface area contributed by atoms with Gasteiger partial charge in [0.05, 0.1) is 22.5 Å². The van der Waals surface area contributed by atoms with E-state index in [9.17, 15) is 14.7 Å². The predicted octanol–water partition coefficient (Wildman–Crippen LogP) is 4.90.